The number of nitrogens with one attached hydrogen (secondary N) is 1. The van der Waals surface area contributed by atoms with Crippen molar-refractivity contribution in [1.82, 2.24) is 9.78 Å². The lowest BCUT2D eigenvalue weighted by molar-refractivity contribution is -0.151. The molecule has 3 rings (SSSR count). The summed E-state index contributed by atoms with van der Waals surface area (Å²) < 4.78 is 6.97. The molecule has 0 spiro atoms. The Labute approximate surface area is 153 Å². The Morgan fingerprint density at radius 3 is 2.46 bits per heavy atom. The zero-order valence-electron chi connectivity index (χ0n) is 15.5. The molecule has 138 valence electrons. The maximum Gasteiger partial charge on any atom is 0.309 e. The minimum Gasteiger partial charge on any atom is -0.455 e. The first kappa shape index (κ1) is 18.2. The van der Waals surface area contributed by atoms with Gasteiger partial charge in [-0.25, -0.2) is 4.68 Å². The molecule has 0 radical (unpaired) electrons. The highest BCUT2D eigenvalue weighted by Crippen LogP contribution is 2.26. The van der Waals surface area contributed by atoms with Gasteiger partial charge in [0.1, 0.15) is 0 Å². The van der Waals surface area contributed by atoms with Gasteiger partial charge in [-0.1, -0.05) is 30.5 Å². The molecular weight excluding hydrogens is 330 g/mol. The monoisotopic (exact) mass is 355 g/mol. The van der Waals surface area contributed by atoms with Crippen molar-refractivity contribution in [2.45, 2.75) is 46.5 Å². The van der Waals surface area contributed by atoms with Crippen LogP contribution in [0.15, 0.2) is 24.3 Å². The fourth-order valence-corrected chi connectivity index (χ4v) is 3.35. The number of aryl methyl sites for hydroxylation is 2. The van der Waals surface area contributed by atoms with Crippen molar-refractivity contribution in [3.63, 3.8) is 0 Å². The number of nitrogens with zero attached hydrogens (tertiary/aromatic N) is 2. The third kappa shape index (κ3) is 3.95. The van der Waals surface area contributed by atoms with E-state index in [4.69, 9.17) is 4.74 Å². The zero-order valence-corrected chi connectivity index (χ0v) is 15.5. The average molecular weight is 355 g/mol. The molecule has 1 aromatic carbocycles. The zero-order chi connectivity index (χ0) is 18.7. The summed E-state index contributed by atoms with van der Waals surface area (Å²) in [5.74, 6) is -0.650. The predicted octanol–water partition coefficient (Wildman–Crippen LogP) is 3.47. The molecule has 6 heteroatoms. The summed E-state index contributed by atoms with van der Waals surface area (Å²) in [5.41, 5.74) is 4.32. The quantitative estimate of drug-likeness (QED) is 0.834. The first-order valence-electron chi connectivity index (χ1n) is 9.05. The van der Waals surface area contributed by atoms with Crippen LogP contribution in [-0.2, 0) is 14.3 Å². The Hall–Kier alpha value is -2.63. The fraction of sp³-hybridized carbons (Fsp3) is 0.450. The smallest absolute Gasteiger partial charge is 0.309 e. The summed E-state index contributed by atoms with van der Waals surface area (Å²) in [7, 11) is 0. The topological polar surface area (TPSA) is 73.2 Å². The Morgan fingerprint density at radius 1 is 1.15 bits per heavy atom. The van der Waals surface area contributed by atoms with E-state index in [2.05, 4.69) is 10.4 Å². The van der Waals surface area contributed by atoms with Crippen molar-refractivity contribution in [3.05, 3.63) is 41.2 Å². The molecule has 0 unspecified atom stereocenters. The highest BCUT2D eigenvalue weighted by molar-refractivity contribution is 5.94. The highest BCUT2D eigenvalue weighted by Gasteiger charge is 2.25. The second-order valence-corrected chi connectivity index (χ2v) is 6.93. The minimum absolute atomic E-state index is 0.0458. The molecule has 6 nitrogen and oxygen atoms in total. The Balaban J connectivity index is 1.65. The van der Waals surface area contributed by atoms with Crippen molar-refractivity contribution in [2.24, 2.45) is 5.92 Å². The van der Waals surface area contributed by atoms with Crippen LogP contribution in [0.5, 0.6) is 0 Å². The lowest BCUT2D eigenvalue weighted by atomic mass is 10.1. The van der Waals surface area contributed by atoms with E-state index in [-0.39, 0.29) is 24.4 Å². The van der Waals surface area contributed by atoms with E-state index in [0.717, 1.165) is 42.8 Å². The van der Waals surface area contributed by atoms with Gasteiger partial charge in [-0.2, -0.15) is 5.10 Å². The third-order valence-electron chi connectivity index (χ3n) is 4.87. The standard InChI is InChI=1S/C20H25N3O3/c1-13-8-10-17(11-9-13)23-15(3)19(14(2)22-23)21-18(24)12-26-20(25)16-6-4-5-7-16/h8-11,16H,4-7,12H2,1-3H3,(H,21,24). The van der Waals surface area contributed by atoms with E-state index in [0.29, 0.717) is 5.69 Å². The summed E-state index contributed by atoms with van der Waals surface area (Å²) in [4.78, 5) is 24.1. The lowest BCUT2D eigenvalue weighted by Crippen LogP contribution is -2.24. The maximum atomic E-state index is 12.2. The van der Waals surface area contributed by atoms with Crippen LogP contribution in [0.25, 0.3) is 5.69 Å². The molecule has 0 bridgehead atoms. The van der Waals surface area contributed by atoms with E-state index in [1.165, 1.54) is 5.56 Å². The molecule has 0 aliphatic heterocycles. The lowest BCUT2D eigenvalue weighted by Gasteiger charge is -2.10. The summed E-state index contributed by atoms with van der Waals surface area (Å²) in [6, 6.07) is 8.02. The molecule has 1 aliphatic rings. The van der Waals surface area contributed by atoms with Gasteiger partial charge in [-0.3, -0.25) is 9.59 Å². The molecule has 0 atom stereocenters. The largest absolute Gasteiger partial charge is 0.455 e. The molecule has 0 saturated heterocycles. The van der Waals surface area contributed by atoms with E-state index in [1.807, 2.05) is 45.0 Å². The van der Waals surface area contributed by atoms with Gasteiger partial charge >= 0.3 is 5.97 Å². The Morgan fingerprint density at radius 2 is 1.81 bits per heavy atom. The second kappa shape index (κ2) is 7.72. The molecule has 1 aromatic heterocycles. The molecule has 1 saturated carbocycles. The number of carbonyl (C=O) groups excluding carboxylic acids is 2. The van der Waals surface area contributed by atoms with Crippen molar-refractivity contribution in [1.29, 1.82) is 0 Å². The van der Waals surface area contributed by atoms with Crippen LogP contribution in [0.2, 0.25) is 0 Å². The number of rotatable bonds is 5. The number of hydrogen-bond acceptors (Lipinski definition) is 4. The van der Waals surface area contributed by atoms with Gasteiger partial charge < -0.3 is 10.1 Å². The van der Waals surface area contributed by atoms with Crippen LogP contribution < -0.4 is 5.32 Å². The fourth-order valence-electron chi connectivity index (χ4n) is 3.35. The van der Waals surface area contributed by atoms with Crippen LogP contribution in [0.1, 0.15) is 42.6 Å². The highest BCUT2D eigenvalue weighted by atomic mass is 16.5. The number of aromatic nitrogens is 2. The molecular formula is C20H25N3O3. The van der Waals surface area contributed by atoms with Crippen molar-refractivity contribution < 1.29 is 14.3 Å². The van der Waals surface area contributed by atoms with Crippen LogP contribution >= 0.6 is 0 Å². The molecule has 1 fully saturated rings. The number of benzene rings is 1. The molecule has 1 heterocycles. The van der Waals surface area contributed by atoms with Crippen LogP contribution in [-0.4, -0.2) is 28.3 Å². The van der Waals surface area contributed by atoms with Gasteiger partial charge in [0.25, 0.3) is 5.91 Å². The number of anilines is 1. The number of hydrogen-bond donors (Lipinski definition) is 1. The summed E-state index contributed by atoms with van der Waals surface area (Å²) >= 11 is 0. The van der Waals surface area contributed by atoms with Crippen molar-refractivity contribution in [3.8, 4) is 5.69 Å². The summed E-state index contributed by atoms with van der Waals surface area (Å²) in [6.45, 7) is 5.52. The minimum atomic E-state index is -0.342. The number of amides is 1. The normalized spacial score (nSPS) is 14.4. The van der Waals surface area contributed by atoms with Gasteiger partial charge in [-0.15, -0.1) is 0 Å². The summed E-state index contributed by atoms with van der Waals surface area (Å²) in [5, 5.41) is 7.34. The number of esters is 1. The van der Waals surface area contributed by atoms with E-state index >= 15 is 0 Å². The van der Waals surface area contributed by atoms with Crippen LogP contribution in [0.3, 0.4) is 0 Å². The Kier molecular flexibility index (Phi) is 5.40. The average Bonchev–Trinajstić information content (AvgIpc) is 3.25. The number of ether oxygens (including phenoxy) is 1. The Bertz CT molecular complexity index is 802. The molecule has 2 aromatic rings. The first-order valence-corrected chi connectivity index (χ1v) is 9.05. The maximum absolute atomic E-state index is 12.2. The third-order valence-corrected chi connectivity index (χ3v) is 4.87. The van der Waals surface area contributed by atoms with Gasteiger partial charge in [-0.05, 0) is 45.7 Å². The van der Waals surface area contributed by atoms with Crippen LogP contribution in [0, 0.1) is 26.7 Å². The SMILES string of the molecule is Cc1ccc(-n2nc(C)c(NC(=O)COC(=O)C3CCCC3)c2C)cc1. The van der Waals surface area contributed by atoms with Crippen molar-refractivity contribution in [2.75, 3.05) is 11.9 Å². The van der Waals surface area contributed by atoms with Gasteiger partial charge in [0.2, 0.25) is 0 Å². The van der Waals surface area contributed by atoms with Crippen molar-refractivity contribution >= 4 is 17.6 Å². The number of carbonyl (C=O) groups is 2. The van der Waals surface area contributed by atoms with Gasteiger partial charge in [0.05, 0.1) is 28.7 Å². The predicted molar refractivity (Wildman–Crippen MR) is 99.3 cm³/mol. The second-order valence-electron chi connectivity index (χ2n) is 6.93. The van der Waals surface area contributed by atoms with Gasteiger partial charge in [0.15, 0.2) is 6.61 Å². The van der Waals surface area contributed by atoms with E-state index in [1.54, 1.807) is 4.68 Å². The van der Waals surface area contributed by atoms with Gasteiger partial charge in [0, 0.05) is 0 Å². The van der Waals surface area contributed by atoms with E-state index < -0.39 is 0 Å². The summed E-state index contributed by atoms with van der Waals surface area (Å²) in [6.07, 6.45) is 3.84. The first-order chi connectivity index (χ1) is 12.5. The molecule has 1 N–H and O–H groups in total. The van der Waals surface area contributed by atoms with Crippen LogP contribution in [0.4, 0.5) is 5.69 Å². The molecule has 26 heavy (non-hydrogen) atoms. The van der Waals surface area contributed by atoms with E-state index in [9.17, 15) is 9.59 Å². The molecule has 1 amide bonds. The molecule has 1 aliphatic carbocycles.